The maximum atomic E-state index is 14.2. The molecule has 1 aliphatic rings. The largest absolute Gasteiger partial charge is 0.354 e. The highest BCUT2D eigenvalue weighted by molar-refractivity contribution is 5.87. The molecule has 1 fully saturated rings. The first-order chi connectivity index (χ1) is 13.5. The van der Waals surface area contributed by atoms with Crippen LogP contribution in [-0.4, -0.2) is 63.9 Å². The lowest BCUT2D eigenvalue weighted by Gasteiger charge is -2.34. The molecule has 0 bridgehead atoms. The second-order valence-corrected chi connectivity index (χ2v) is 7.07. The minimum Gasteiger partial charge on any atom is -0.354 e. The number of nitrogens with one attached hydrogen (secondary N) is 1. The van der Waals surface area contributed by atoms with Crippen LogP contribution in [0.2, 0.25) is 0 Å². The molecule has 2 aromatic heterocycles. The monoisotopic (exact) mass is 383 g/mol. The predicted octanol–water partition coefficient (Wildman–Crippen LogP) is 2.19. The summed E-state index contributed by atoms with van der Waals surface area (Å²) in [5.41, 5.74) is 0.895. The highest BCUT2D eigenvalue weighted by Gasteiger charge is 2.25. The van der Waals surface area contributed by atoms with Crippen molar-refractivity contribution in [3.8, 4) is 5.69 Å². The quantitative estimate of drug-likeness (QED) is 0.750. The number of rotatable bonds is 3. The molecule has 0 saturated carbocycles. The number of piperidine rings is 1. The van der Waals surface area contributed by atoms with Crippen molar-refractivity contribution in [2.75, 3.05) is 32.1 Å². The van der Waals surface area contributed by atoms with Crippen LogP contribution < -0.4 is 10.2 Å². The number of amides is 2. The summed E-state index contributed by atoms with van der Waals surface area (Å²) in [5, 5.41) is 8.13. The fourth-order valence-corrected chi connectivity index (χ4v) is 3.47. The summed E-state index contributed by atoms with van der Waals surface area (Å²) in [5.74, 6) is 0.383. The fourth-order valence-electron chi connectivity index (χ4n) is 3.47. The second-order valence-electron chi connectivity index (χ2n) is 7.07. The van der Waals surface area contributed by atoms with Crippen LogP contribution >= 0.6 is 0 Å². The molecule has 3 heterocycles. The maximum Gasteiger partial charge on any atom is 0.317 e. The Morgan fingerprint density at radius 2 is 2.11 bits per heavy atom. The summed E-state index contributed by atoms with van der Waals surface area (Å²) in [4.78, 5) is 24.4. The Balaban J connectivity index is 1.65. The minimum atomic E-state index is -0.364. The van der Waals surface area contributed by atoms with Crippen molar-refractivity contribution in [1.29, 1.82) is 0 Å². The van der Waals surface area contributed by atoms with E-state index in [1.807, 2.05) is 0 Å². The highest BCUT2D eigenvalue weighted by atomic mass is 19.1. The molecule has 3 aromatic rings. The van der Waals surface area contributed by atoms with Gasteiger partial charge in [-0.25, -0.2) is 23.8 Å². The molecule has 0 aliphatic carbocycles. The van der Waals surface area contributed by atoms with Crippen LogP contribution in [-0.2, 0) is 0 Å². The van der Waals surface area contributed by atoms with Crippen LogP contribution in [0.15, 0.2) is 36.8 Å². The van der Waals surface area contributed by atoms with Crippen LogP contribution in [0.3, 0.4) is 0 Å². The first-order valence-electron chi connectivity index (χ1n) is 9.21. The molecular weight excluding hydrogens is 361 g/mol. The highest BCUT2D eigenvalue weighted by Crippen LogP contribution is 2.27. The van der Waals surface area contributed by atoms with Crippen LogP contribution in [0.25, 0.3) is 16.7 Å². The summed E-state index contributed by atoms with van der Waals surface area (Å²) < 4.78 is 15.7. The van der Waals surface area contributed by atoms with Crippen molar-refractivity contribution < 1.29 is 9.18 Å². The number of hydrogen-bond donors (Lipinski definition) is 1. The zero-order valence-corrected chi connectivity index (χ0v) is 15.8. The smallest absolute Gasteiger partial charge is 0.317 e. The molecule has 28 heavy (non-hydrogen) atoms. The Hall–Kier alpha value is -3.23. The number of anilines is 1. The Bertz CT molecular complexity index is 1000. The van der Waals surface area contributed by atoms with E-state index in [-0.39, 0.29) is 17.9 Å². The summed E-state index contributed by atoms with van der Waals surface area (Å²) in [7, 11) is 3.45. The lowest BCUT2D eigenvalue weighted by atomic mass is 10.1. The van der Waals surface area contributed by atoms with E-state index in [0.717, 1.165) is 30.6 Å². The zero-order valence-electron chi connectivity index (χ0n) is 15.8. The standard InChI is InChI=1S/C19H22FN7O/c1-25(2)19(28)24-13-6-5-9-26(11-13)17-14-10-23-27(18(14)22-12-21-17)16-8-4-3-7-15(16)20/h3-4,7-8,10,12-13H,5-6,9,11H2,1-2H3,(H,24,28). The molecule has 2 amide bonds. The topological polar surface area (TPSA) is 79.2 Å². The fraction of sp³-hybridized carbons (Fsp3) is 0.368. The van der Waals surface area contributed by atoms with Gasteiger partial charge in [-0.15, -0.1) is 0 Å². The molecule has 146 valence electrons. The number of carbonyl (C=O) groups excluding carboxylic acids is 1. The molecular formula is C19H22FN7O. The molecule has 8 nitrogen and oxygen atoms in total. The van der Waals surface area contributed by atoms with Crippen molar-refractivity contribution in [3.63, 3.8) is 0 Å². The normalized spacial score (nSPS) is 17.0. The van der Waals surface area contributed by atoms with Gasteiger partial charge in [-0.3, -0.25) is 0 Å². The molecule has 0 radical (unpaired) electrons. The van der Waals surface area contributed by atoms with Gasteiger partial charge in [0.1, 0.15) is 23.6 Å². The summed E-state index contributed by atoms with van der Waals surface area (Å²) in [6.07, 6.45) is 4.99. The average molecular weight is 383 g/mol. The van der Waals surface area contributed by atoms with Gasteiger partial charge in [-0.2, -0.15) is 5.10 Å². The summed E-state index contributed by atoms with van der Waals surface area (Å²) in [6.45, 7) is 1.47. The SMILES string of the molecule is CN(C)C(=O)NC1CCCN(c2ncnc3c2cnn3-c2ccccc2F)C1. The second kappa shape index (κ2) is 7.41. The van der Waals surface area contributed by atoms with Crippen molar-refractivity contribution in [2.45, 2.75) is 18.9 Å². The maximum absolute atomic E-state index is 14.2. The van der Waals surface area contributed by atoms with E-state index in [9.17, 15) is 9.18 Å². The third-order valence-corrected chi connectivity index (χ3v) is 4.88. The van der Waals surface area contributed by atoms with E-state index in [1.54, 1.807) is 38.5 Å². The lowest BCUT2D eigenvalue weighted by molar-refractivity contribution is 0.211. The number of urea groups is 1. The van der Waals surface area contributed by atoms with Gasteiger partial charge in [-0.05, 0) is 25.0 Å². The van der Waals surface area contributed by atoms with Crippen molar-refractivity contribution in [3.05, 3.63) is 42.6 Å². The number of carbonyl (C=O) groups is 1. The molecule has 1 aliphatic heterocycles. The Kier molecular flexibility index (Phi) is 4.81. The average Bonchev–Trinajstić information content (AvgIpc) is 3.12. The van der Waals surface area contributed by atoms with Crippen LogP contribution in [0.4, 0.5) is 15.0 Å². The molecule has 1 aromatic carbocycles. The van der Waals surface area contributed by atoms with Gasteiger partial charge in [0.05, 0.1) is 11.6 Å². The van der Waals surface area contributed by atoms with Gasteiger partial charge in [0, 0.05) is 33.2 Å². The van der Waals surface area contributed by atoms with E-state index in [1.165, 1.54) is 22.0 Å². The number of benzene rings is 1. The van der Waals surface area contributed by atoms with Crippen molar-refractivity contribution in [1.82, 2.24) is 30.0 Å². The van der Waals surface area contributed by atoms with Gasteiger partial charge in [-0.1, -0.05) is 12.1 Å². The van der Waals surface area contributed by atoms with Gasteiger partial charge < -0.3 is 15.1 Å². The number of nitrogens with zero attached hydrogens (tertiary/aromatic N) is 6. The van der Waals surface area contributed by atoms with Crippen molar-refractivity contribution in [2.24, 2.45) is 0 Å². The number of fused-ring (bicyclic) bond motifs is 1. The van der Waals surface area contributed by atoms with E-state index < -0.39 is 0 Å². The first kappa shape index (κ1) is 18.1. The number of halogens is 1. The van der Waals surface area contributed by atoms with E-state index in [0.29, 0.717) is 17.9 Å². The lowest BCUT2D eigenvalue weighted by Crippen LogP contribution is -2.50. The summed E-state index contributed by atoms with van der Waals surface area (Å²) in [6, 6.07) is 6.39. The first-order valence-corrected chi connectivity index (χ1v) is 9.21. The third-order valence-electron chi connectivity index (χ3n) is 4.88. The molecule has 1 N–H and O–H groups in total. The Labute approximate surface area is 162 Å². The van der Waals surface area contributed by atoms with Crippen molar-refractivity contribution >= 4 is 22.9 Å². The van der Waals surface area contributed by atoms with E-state index in [4.69, 9.17) is 0 Å². The van der Waals surface area contributed by atoms with Gasteiger partial charge in [0.2, 0.25) is 0 Å². The molecule has 1 unspecified atom stereocenters. The molecule has 1 atom stereocenters. The van der Waals surface area contributed by atoms with Crippen LogP contribution in [0, 0.1) is 5.82 Å². The minimum absolute atomic E-state index is 0.0373. The van der Waals surface area contributed by atoms with Crippen LogP contribution in [0.1, 0.15) is 12.8 Å². The van der Waals surface area contributed by atoms with E-state index >= 15 is 0 Å². The summed E-state index contributed by atoms with van der Waals surface area (Å²) >= 11 is 0. The third kappa shape index (κ3) is 3.35. The zero-order chi connectivity index (χ0) is 19.7. The molecule has 9 heteroatoms. The van der Waals surface area contributed by atoms with Gasteiger partial charge in [0.25, 0.3) is 0 Å². The Morgan fingerprint density at radius 1 is 1.29 bits per heavy atom. The van der Waals surface area contributed by atoms with Crippen LogP contribution in [0.5, 0.6) is 0 Å². The predicted molar refractivity (Wildman–Crippen MR) is 104 cm³/mol. The van der Waals surface area contributed by atoms with Gasteiger partial charge in [0.15, 0.2) is 5.65 Å². The molecule has 0 spiro atoms. The number of aromatic nitrogens is 4. The van der Waals surface area contributed by atoms with Gasteiger partial charge >= 0.3 is 6.03 Å². The number of para-hydroxylation sites is 1. The molecule has 1 saturated heterocycles. The molecule has 4 rings (SSSR count). The van der Waals surface area contributed by atoms with E-state index in [2.05, 4.69) is 25.3 Å². The number of hydrogen-bond acceptors (Lipinski definition) is 5. The Morgan fingerprint density at radius 3 is 2.89 bits per heavy atom.